The molecule has 7 heteroatoms. The van der Waals surface area contributed by atoms with E-state index in [1.54, 1.807) is 0 Å². The molecule has 1 aromatic carbocycles. The molecule has 0 radical (unpaired) electrons. The molecule has 172 valence electrons. The number of piperidine rings is 1. The number of carbonyl (C=O) groups is 1. The summed E-state index contributed by atoms with van der Waals surface area (Å²) >= 11 is 0. The molecule has 2 aliphatic heterocycles. The zero-order chi connectivity index (χ0) is 22.6. The molecule has 7 nitrogen and oxygen atoms in total. The maximum absolute atomic E-state index is 13.5. The Labute approximate surface area is 194 Å². The molecular formula is C26H31N5O2. The van der Waals surface area contributed by atoms with Crippen molar-refractivity contribution in [2.24, 2.45) is 5.92 Å². The van der Waals surface area contributed by atoms with Gasteiger partial charge in [0.2, 0.25) is 5.95 Å². The molecule has 33 heavy (non-hydrogen) atoms. The third-order valence-electron chi connectivity index (χ3n) is 6.55. The monoisotopic (exact) mass is 445 g/mol. The molecule has 0 saturated carbocycles. The molecule has 1 atom stereocenters. The van der Waals surface area contributed by atoms with Gasteiger partial charge in [-0.3, -0.25) is 9.78 Å². The van der Waals surface area contributed by atoms with Crippen molar-refractivity contribution in [2.45, 2.75) is 32.6 Å². The molecule has 2 aromatic heterocycles. The Hall–Kier alpha value is -3.06. The predicted molar refractivity (Wildman–Crippen MR) is 128 cm³/mol. The van der Waals surface area contributed by atoms with E-state index in [1.165, 1.54) is 17.4 Å². The van der Waals surface area contributed by atoms with E-state index in [-0.39, 0.29) is 11.8 Å². The largest absolute Gasteiger partial charge is 0.379 e. The minimum atomic E-state index is -0.0306. The lowest BCUT2D eigenvalue weighted by atomic mass is 9.97. The van der Waals surface area contributed by atoms with Crippen LogP contribution in [0.4, 0.5) is 5.95 Å². The Morgan fingerprint density at radius 2 is 1.94 bits per heavy atom. The van der Waals surface area contributed by atoms with Gasteiger partial charge in [0, 0.05) is 55.6 Å². The van der Waals surface area contributed by atoms with Crippen molar-refractivity contribution in [2.75, 3.05) is 44.3 Å². The van der Waals surface area contributed by atoms with Crippen molar-refractivity contribution in [3.8, 4) is 0 Å². The van der Waals surface area contributed by atoms with Crippen molar-refractivity contribution in [1.82, 2.24) is 19.9 Å². The zero-order valence-corrected chi connectivity index (χ0v) is 19.2. The first-order valence-corrected chi connectivity index (χ1v) is 12.0. The van der Waals surface area contributed by atoms with Crippen molar-refractivity contribution in [3.63, 3.8) is 0 Å². The number of anilines is 1. The predicted octanol–water partition coefficient (Wildman–Crippen LogP) is 3.65. The normalized spacial score (nSPS) is 19.5. The summed E-state index contributed by atoms with van der Waals surface area (Å²) in [7, 11) is 0. The average Bonchev–Trinajstić information content (AvgIpc) is 3.09. The lowest BCUT2D eigenvalue weighted by Crippen LogP contribution is -2.37. The van der Waals surface area contributed by atoms with Crippen LogP contribution in [0.15, 0.2) is 42.7 Å². The smallest absolute Gasteiger partial charge is 0.272 e. The topological polar surface area (TPSA) is 71.5 Å². The van der Waals surface area contributed by atoms with Gasteiger partial charge in [-0.25, -0.2) is 9.97 Å². The fourth-order valence-corrected chi connectivity index (χ4v) is 4.84. The number of ether oxygens (including phenoxy) is 1. The van der Waals surface area contributed by atoms with E-state index in [1.807, 2.05) is 36.4 Å². The Morgan fingerprint density at radius 3 is 2.82 bits per heavy atom. The van der Waals surface area contributed by atoms with E-state index >= 15 is 0 Å². The van der Waals surface area contributed by atoms with Crippen LogP contribution in [0, 0.1) is 12.8 Å². The number of aryl methyl sites for hydroxylation is 1. The summed E-state index contributed by atoms with van der Waals surface area (Å²) in [5.41, 5.74) is 2.56. The standard InChI is InChI=1S/C26H31N5O2/c1-19-13-24(29-26(28-19)30-9-3-2-4-10-30)25(32)31-11-12-33-18-21(17-31)14-20-5-6-22-7-8-27-16-23(22)15-20/h5-8,13,15-16,21H,2-4,9-12,14,17-18H2,1H3/t21-/m0/s1. The van der Waals surface area contributed by atoms with Crippen LogP contribution in [-0.2, 0) is 11.2 Å². The molecule has 1 amide bonds. The second-order valence-corrected chi connectivity index (χ2v) is 9.20. The Bertz CT molecular complexity index is 1130. The van der Waals surface area contributed by atoms with E-state index in [9.17, 15) is 4.79 Å². The van der Waals surface area contributed by atoms with Crippen molar-refractivity contribution < 1.29 is 9.53 Å². The average molecular weight is 446 g/mol. The van der Waals surface area contributed by atoms with Gasteiger partial charge in [-0.05, 0) is 61.8 Å². The zero-order valence-electron chi connectivity index (χ0n) is 19.2. The van der Waals surface area contributed by atoms with Gasteiger partial charge < -0.3 is 14.5 Å². The molecule has 2 aliphatic rings. The Morgan fingerprint density at radius 1 is 1.06 bits per heavy atom. The Kier molecular flexibility index (Phi) is 6.48. The number of carbonyl (C=O) groups excluding carboxylic acids is 1. The van der Waals surface area contributed by atoms with Crippen LogP contribution in [0.25, 0.3) is 10.8 Å². The SMILES string of the molecule is Cc1cc(C(=O)N2CCOC[C@@H](Cc3ccc4ccncc4c3)C2)nc(N2CCCCC2)n1. The highest BCUT2D eigenvalue weighted by Crippen LogP contribution is 2.21. The number of amides is 1. The second kappa shape index (κ2) is 9.83. The summed E-state index contributed by atoms with van der Waals surface area (Å²) in [5.74, 6) is 0.887. The summed E-state index contributed by atoms with van der Waals surface area (Å²) in [4.78, 5) is 31.1. The summed E-state index contributed by atoms with van der Waals surface area (Å²) in [6.45, 7) is 6.29. The molecule has 0 spiro atoms. The molecule has 3 aromatic rings. The van der Waals surface area contributed by atoms with E-state index in [4.69, 9.17) is 4.74 Å². The maximum Gasteiger partial charge on any atom is 0.272 e. The van der Waals surface area contributed by atoms with Gasteiger partial charge in [0.1, 0.15) is 5.69 Å². The van der Waals surface area contributed by atoms with Gasteiger partial charge in [-0.1, -0.05) is 12.1 Å². The molecule has 0 bridgehead atoms. The summed E-state index contributed by atoms with van der Waals surface area (Å²) < 4.78 is 5.88. The first-order valence-electron chi connectivity index (χ1n) is 12.0. The minimum Gasteiger partial charge on any atom is -0.379 e. The third-order valence-corrected chi connectivity index (χ3v) is 6.55. The van der Waals surface area contributed by atoms with E-state index in [0.717, 1.165) is 43.4 Å². The molecule has 5 rings (SSSR count). The molecule has 4 heterocycles. The summed E-state index contributed by atoms with van der Waals surface area (Å²) in [6.07, 6.45) is 8.12. The summed E-state index contributed by atoms with van der Waals surface area (Å²) in [6, 6.07) is 10.3. The van der Waals surface area contributed by atoms with E-state index < -0.39 is 0 Å². The first kappa shape index (κ1) is 21.8. The van der Waals surface area contributed by atoms with Crippen molar-refractivity contribution in [3.05, 3.63) is 59.7 Å². The number of benzene rings is 1. The first-order chi connectivity index (χ1) is 16.2. The molecule has 0 aliphatic carbocycles. The Balaban J connectivity index is 1.32. The number of fused-ring (bicyclic) bond motifs is 1. The fourth-order valence-electron chi connectivity index (χ4n) is 4.84. The highest BCUT2D eigenvalue weighted by atomic mass is 16.5. The third kappa shape index (κ3) is 5.14. The van der Waals surface area contributed by atoms with Crippen LogP contribution in [0.5, 0.6) is 0 Å². The number of nitrogens with zero attached hydrogens (tertiary/aromatic N) is 5. The quantitative estimate of drug-likeness (QED) is 0.610. The van der Waals surface area contributed by atoms with Gasteiger partial charge in [0.15, 0.2) is 0 Å². The van der Waals surface area contributed by atoms with Crippen molar-refractivity contribution in [1.29, 1.82) is 0 Å². The van der Waals surface area contributed by atoms with Gasteiger partial charge >= 0.3 is 0 Å². The van der Waals surface area contributed by atoms with Crippen molar-refractivity contribution >= 4 is 22.6 Å². The summed E-state index contributed by atoms with van der Waals surface area (Å²) in [5, 5.41) is 2.32. The van der Waals surface area contributed by atoms with Gasteiger partial charge in [-0.2, -0.15) is 0 Å². The highest BCUT2D eigenvalue weighted by molar-refractivity contribution is 5.92. The van der Waals surface area contributed by atoms with E-state index in [0.29, 0.717) is 37.9 Å². The van der Waals surface area contributed by atoms with Gasteiger partial charge in [0.05, 0.1) is 13.2 Å². The van der Waals surface area contributed by atoms with Crippen LogP contribution >= 0.6 is 0 Å². The molecule has 0 N–H and O–H groups in total. The fraction of sp³-hybridized carbons (Fsp3) is 0.462. The number of rotatable bonds is 4. The van der Waals surface area contributed by atoms with Gasteiger partial charge in [0.25, 0.3) is 5.91 Å². The van der Waals surface area contributed by atoms with Crippen LogP contribution in [0.1, 0.15) is 41.0 Å². The number of aromatic nitrogens is 3. The van der Waals surface area contributed by atoms with Crippen LogP contribution < -0.4 is 4.90 Å². The molecular weight excluding hydrogens is 414 g/mol. The van der Waals surface area contributed by atoms with Crippen LogP contribution in [-0.4, -0.2) is 65.2 Å². The van der Waals surface area contributed by atoms with Gasteiger partial charge in [-0.15, -0.1) is 0 Å². The van der Waals surface area contributed by atoms with Crippen LogP contribution in [0.3, 0.4) is 0 Å². The number of pyridine rings is 1. The molecule has 2 saturated heterocycles. The van der Waals surface area contributed by atoms with Crippen LogP contribution in [0.2, 0.25) is 0 Å². The lowest BCUT2D eigenvalue weighted by molar-refractivity contribution is 0.0731. The lowest BCUT2D eigenvalue weighted by Gasteiger charge is -2.28. The minimum absolute atomic E-state index is 0.0306. The molecule has 2 fully saturated rings. The number of hydrogen-bond acceptors (Lipinski definition) is 6. The van der Waals surface area contributed by atoms with E-state index in [2.05, 4.69) is 38.1 Å². The maximum atomic E-state index is 13.5. The second-order valence-electron chi connectivity index (χ2n) is 9.20. The highest BCUT2D eigenvalue weighted by Gasteiger charge is 2.26. The number of hydrogen-bond donors (Lipinski definition) is 0. The molecule has 0 unspecified atom stereocenters.